The fraction of sp³-hybridized carbons (Fsp3) is 0.143. The number of thiophene rings is 1. The first kappa shape index (κ1) is 22.9. The first-order valence-electron chi connectivity index (χ1n) is 9.33. The largest absolute Gasteiger partial charge is 0.416 e. The summed E-state index contributed by atoms with van der Waals surface area (Å²) in [7, 11) is -2.86. The number of aryl methyl sites for hydroxylation is 1. The van der Waals surface area contributed by atoms with Gasteiger partial charge in [0.1, 0.15) is 15.6 Å². The third-order valence-corrected chi connectivity index (χ3v) is 7.71. The van der Waals surface area contributed by atoms with E-state index in [1.807, 2.05) is 0 Å². The zero-order chi connectivity index (χ0) is 24.0. The van der Waals surface area contributed by atoms with Gasteiger partial charge in [-0.3, -0.25) is 4.31 Å². The maximum atomic E-state index is 14.0. The van der Waals surface area contributed by atoms with E-state index in [9.17, 15) is 26.0 Å². The molecule has 2 heterocycles. The summed E-state index contributed by atoms with van der Waals surface area (Å²) < 4.78 is 85.5. The molecule has 0 N–H and O–H groups in total. The van der Waals surface area contributed by atoms with Gasteiger partial charge in [-0.05, 0) is 48.2 Å². The fourth-order valence-corrected chi connectivity index (χ4v) is 5.49. The van der Waals surface area contributed by atoms with Crippen molar-refractivity contribution in [2.75, 3.05) is 11.4 Å². The molecule has 33 heavy (non-hydrogen) atoms. The molecule has 0 atom stereocenters. The maximum Gasteiger partial charge on any atom is 0.416 e. The first-order chi connectivity index (χ1) is 15.5. The van der Waals surface area contributed by atoms with Crippen molar-refractivity contribution >= 4 is 27.0 Å². The first-order valence-corrected chi connectivity index (χ1v) is 11.6. The number of halogens is 4. The molecule has 0 aliphatic heterocycles. The van der Waals surface area contributed by atoms with Gasteiger partial charge in [-0.25, -0.2) is 12.8 Å². The van der Waals surface area contributed by atoms with Crippen LogP contribution in [0, 0.1) is 12.7 Å². The van der Waals surface area contributed by atoms with Crippen LogP contribution in [0.5, 0.6) is 0 Å². The second-order valence-corrected chi connectivity index (χ2v) is 9.88. The van der Waals surface area contributed by atoms with Gasteiger partial charge in [0.15, 0.2) is 0 Å². The predicted octanol–water partition coefficient (Wildman–Crippen LogP) is 5.76. The quantitative estimate of drug-likeness (QED) is 0.328. The average molecular weight is 497 g/mol. The number of hydrogen-bond donors (Lipinski definition) is 0. The van der Waals surface area contributed by atoms with Gasteiger partial charge in [0.05, 0.1) is 11.3 Å². The van der Waals surface area contributed by atoms with E-state index < -0.39 is 27.6 Å². The van der Waals surface area contributed by atoms with Gasteiger partial charge in [0.25, 0.3) is 15.9 Å². The molecular weight excluding hydrogens is 482 g/mol. The minimum atomic E-state index is -4.54. The molecule has 0 saturated carbocycles. The van der Waals surface area contributed by atoms with Crippen molar-refractivity contribution in [3.05, 3.63) is 70.9 Å². The minimum Gasteiger partial charge on any atom is -0.333 e. The number of nitrogens with zero attached hydrogens (tertiary/aromatic N) is 3. The molecule has 0 radical (unpaired) electrons. The van der Waals surface area contributed by atoms with Crippen molar-refractivity contribution in [1.29, 1.82) is 0 Å². The van der Waals surface area contributed by atoms with Crippen LogP contribution in [0.2, 0.25) is 0 Å². The lowest BCUT2D eigenvalue weighted by Gasteiger charge is -2.19. The second kappa shape index (κ2) is 8.27. The molecule has 0 aliphatic rings. The standard InChI is InChI=1S/C21H15F4N3O3S2/c1-12-6-7-15(11-16(12)22)28(2)33(29,30)17-8-9-32-18(17)20-26-19(27-31-20)13-4-3-5-14(10-13)21(23,24)25/h3-11H,1-2H3. The summed E-state index contributed by atoms with van der Waals surface area (Å²) in [5, 5.41) is 5.21. The van der Waals surface area contributed by atoms with Crippen LogP contribution < -0.4 is 4.31 Å². The average Bonchev–Trinajstić information content (AvgIpc) is 3.44. The number of anilines is 1. The van der Waals surface area contributed by atoms with E-state index in [0.29, 0.717) is 5.56 Å². The van der Waals surface area contributed by atoms with E-state index in [2.05, 4.69) is 10.1 Å². The van der Waals surface area contributed by atoms with Crippen LogP contribution in [0.25, 0.3) is 22.2 Å². The maximum absolute atomic E-state index is 14.0. The predicted molar refractivity (Wildman–Crippen MR) is 115 cm³/mol. The third-order valence-electron chi connectivity index (χ3n) is 4.85. The van der Waals surface area contributed by atoms with Crippen molar-refractivity contribution in [3.63, 3.8) is 0 Å². The van der Waals surface area contributed by atoms with E-state index in [0.717, 1.165) is 33.8 Å². The second-order valence-electron chi connectivity index (χ2n) is 7.02. The molecule has 4 aromatic rings. The molecular formula is C21H15F4N3O3S2. The third kappa shape index (κ3) is 4.35. The number of hydrogen-bond acceptors (Lipinski definition) is 6. The lowest BCUT2D eigenvalue weighted by Crippen LogP contribution is -2.26. The highest BCUT2D eigenvalue weighted by molar-refractivity contribution is 7.93. The van der Waals surface area contributed by atoms with Gasteiger partial charge < -0.3 is 4.52 Å². The van der Waals surface area contributed by atoms with Crippen LogP contribution in [0.15, 0.2) is 63.3 Å². The Morgan fingerprint density at radius 1 is 1.09 bits per heavy atom. The monoisotopic (exact) mass is 497 g/mol. The highest BCUT2D eigenvalue weighted by atomic mass is 32.2. The molecule has 12 heteroatoms. The summed E-state index contributed by atoms with van der Waals surface area (Å²) in [6.07, 6.45) is -4.54. The van der Waals surface area contributed by atoms with E-state index in [4.69, 9.17) is 4.52 Å². The Labute approximate surface area is 190 Å². The van der Waals surface area contributed by atoms with Crippen molar-refractivity contribution < 1.29 is 30.5 Å². The highest BCUT2D eigenvalue weighted by Gasteiger charge is 2.32. The molecule has 2 aromatic carbocycles. The van der Waals surface area contributed by atoms with Gasteiger partial charge >= 0.3 is 6.18 Å². The molecule has 0 amide bonds. The Morgan fingerprint density at radius 3 is 2.55 bits per heavy atom. The molecule has 172 valence electrons. The van der Waals surface area contributed by atoms with Crippen LogP contribution in [0.3, 0.4) is 0 Å². The van der Waals surface area contributed by atoms with Gasteiger partial charge in [0, 0.05) is 12.6 Å². The Bertz CT molecular complexity index is 1430. The minimum absolute atomic E-state index is 0.0630. The van der Waals surface area contributed by atoms with Gasteiger partial charge in [-0.1, -0.05) is 23.4 Å². The lowest BCUT2D eigenvalue weighted by molar-refractivity contribution is -0.137. The van der Waals surface area contributed by atoms with Crippen LogP contribution in [0.4, 0.5) is 23.2 Å². The smallest absolute Gasteiger partial charge is 0.333 e. The number of rotatable bonds is 5. The van der Waals surface area contributed by atoms with Crippen molar-refractivity contribution in [2.45, 2.75) is 18.0 Å². The molecule has 2 aromatic heterocycles. The number of aromatic nitrogens is 2. The zero-order valence-electron chi connectivity index (χ0n) is 17.1. The molecule has 0 spiro atoms. The van der Waals surface area contributed by atoms with E-state index in [1.165, 1.54) is 42.8 Å². The summed E-state index contributed by atoms with van der Waals surface area (Å²) in [4.78, 5) is 4.05. The van der Waals surface area contributed by atoms with Crippen LogP contribution in [-0.2, 0) is 16.2 Å². The summed E-state index contributed by atoms with van der Waals surface area (Å²) in [6, 6.07) is 9.77. The van der Waals surface area contributed by atoms with E-state index in [1.54, 1.807) is 6.92 Å². The summed E-state index contributed by atoms with van der Waals surface area (Å²) >= 11 is 1.01. The molecule has 4 rings (SSSR count). The summed E-state index contributed by atoms with van der Waals surface area (Å²) in [5.41, 5.74) is -0.329. The molecule has 0 bridgehead atoms. The molecule has 0 aliphatic carbocycles. The normalized spacial score (nSPS) is 12.2. The van der Waals surface area contributed by atoms with Gasteiger partial charge in [-0.15, -0.1) is 11.3 Å². The topological polar surface area (TPSA) is 76.3 Å². The highest BCUT2D eigenvalue weighted by Crippen LogP contribution is 2.36. The van der Waals surface area contributed by atoms with Gasteiger partial charge in [-0.2, -0.15) is 18.2 Å². The fourth-order valence-electron chi connectivity index (χ4n) is 2.99. The summed E-state index contributed by atoms with van der Waals surface area (Å²) in [5.74, 6) is -0.844. The van der Waals surface area contributed by atoms with Crippen LogP contribution in [-0.4, -0.2) is 25.6 Å². The van der Waals surface area contributed by atoms with Gasteiger partial charge in [0.2, 0.25) is 5.82 Å². The number of alkyl halides is 3. The van der Waals surface area contributed by atoms with E-state index >= 15 is 0 Å². The Kier molecular flexibility index (Phi) is 5.74. The molecule has 0 saturated heterocycles. The SMILES string of the molecule is Cc1ccc(N(C)S(=O)(=O)c2ccsc2-c2nc(-c3cccc(C(F)(F)F)c3)no2)cc1F. The van der Waals surface area contributed by atoms with Crippen molar-refractivity contribution in [3.8, 4) is 22.2 Å². The Balaban J connectivity index is 1.70. The molecule has 0 unspecified atom stereocenters. The van der Waals surface area contributed by atoms with Crippen LogP contribution >= 0.6 is 11.3 Å². The summed E-state index contributed by atoms with van der Waals surface area (Å²) in [6.45, 7) is 1.56. The Hall–Kier alpha value is -3.25. The Morgan fingerprint density at radius 2 is 1.85 bits per heavy atom. The number of benzene rings is 2. The zero-order valence-corrected chi connectivity index (χ0v) is 18.7. The van der Waals surface area contributed by atoms with Crippen LogP contribution in [0.1, 0.15) is 11.1 Å². The van der Waals surface area contributed by atoms with Crippen molar-refractivity contribution in [1.82, 2.24) is 10.1 Å². The molecule has 6 nitrogen and oxygen atoms in total. The number of sulfonamides is 1. The van der Waals surface area contributed by atoms with Crippen molar-refractivity contribution in [2.24, 2.45) is 0 Å². The van der Waals surface area contributed by atoms with E-state index in [-0.39, 0.29) is 32.7 Å². The lowest BCUT2D eigenvalue weighted by atomic mass is 10.1. The molecule has 0 fully saturated rings.